The number of anilines is 2. The van der Waals surface area contributed by atoms with Gasteiger partial charge in [-0.15, -0.1) is 0 Å². The second-order valence-electron chi connectivity index (χ2n) is 7.98. The van der Waals surface area contributed by atoms with Crippen LogP contribution in [0.5, 0.6) is 0 Å². The number of non-ortho nitro benzene ring substituents is 1. The van der Waals surface area contributed by atoms with Gasteiger partial charge < -0.3 is 4.90 Å². The molecule has 0 saturated carbocycles. The lowest BCUT2D eigenvalue weighted by molar-refractivity contribution is -0.384. The lowest BCUT2D eigenvalue weighted by Crippen LogP contribution is -2.72. The lowest BCUT2D eigenvalue weighted by Gasteiger charge is -2.50. The maximum Gasteiger partial charge on any atom is 0.335 e. The quantitative estimate of drug-likeness (QED) is 0.426. The van der Waals surface area contributed by atoms with Crippen molar-refractivity contribution in [3.63, 3.8) is 0 Å². The van der Waals surface area contributed by atoms with E-state index in [4.69, 9.17) is 11.6 Å². The highest BCUT2D eigenvalue weighted by Crippen LogP contribution is 2.47. The standard InChI is InChI=1S/C22H21ClN4O5/c1-3-6-18-22(12-13-11-14(27(31)32)9-10-16(13)25(18)2)19(28)24-21(30)26(20(22)29)17-8-5-4-7-15(17)23/h4-5,7-11,18H,3,6,12H2,1-2H3,(H,24,28,30)/t18-,22-/m0/s1. The van der Waals surface area contributed by atoms with Crippen molar-refractivity contribution in [2.45, 2.75) is 32.2 Å². The van der Waals surface area contributed by atoms with Crippen LogP contribution in [0.3, 0.4) is 0 Å². The minimum absolute atomic E-state index is 0.0715. The Morgan fingerprint density at radius 3 is 2.56 bits per heavy atom. The SMILES string of the molecule is CCC[C@@H]1N(C)c2ccc([N+](=O)[O-])cc2C[C@@]12C(=O)NC(=O)N(c1ccccc1Cl)C2=O. The summed E-state index contributed by atoms with van der Waals surface area (Å²) >= 11 is 6.27. The van der Waals surface area contributed by atoms with Crippen LogP contribution in [0.2, 0.25) is 5.02 Å². The highest BCUT2D eigenvalue weighted by atomic mass is 35.5. The molecule has 0 bridgehead atoms. The molecule has 1 saturated heterocycles. The third-order valence-corrected chi connectivity index (χ3v) is 6.55. The van der Waals surface area contributed by atoms with Gasteiger partial charge in [0.25, 0.3) is 11.6 Å². The van der Waals surface area contributed by atoms with Crippen molar-refractivity contribution in [1.82, 2.24) is 5.32 Å². The summed E-state index contributed by atoms with van der Waals surface area (Å²) < 4.78 is 0. The molecule has 2 aromatic rings. The molecule has 0 unspecified atom stereocenters. The van der Waals surface area contributed by atoms with Crippen LogP contribution in [0, 0.1) is 15.5 Å². The number of amides is 4. The zero-order valence-electron chi connectivity index (χ0n) is 17.5. The van der Waals surface area contributed by atoms with Gasteiger partial charge in [0.1, 0.15) is 0 Å². The first kappa shape index (κ1) is 21.8. The summed E-state index contributed by atoms with van der Waals surface area (Å²) in [7, 11) is 1.75. The van der Waals surface area contributed by atoms with Gasteiger partial charge in [-0.2, -0.15) is 0 Å². The fourth-order valence-electron chi connectivity index (χ4n) is 4.76. The number of rotatable bonds is 4. The maximum atomic E-state index is 14.0. The Bertz CT molecular complexity index is 1150. The highest BCUT2D eigenvalue weighted by Gasteiger charge is 2.61. The molecule has 10 heteroatoms. The largest absolute Gasteiger partial charge is 0.370 e. The van der Waals surface area contributed by atoms with Crippen LogP contribution in [0.25, 0.3) is 0 Å². The first-order valence-corrected chi connectivity index (χ1v) is 10.5. The number of hydrogen-bond acceptors (Lipinski definition) is 6. The molecular weight excluding hydrogens is 436 g/mol. The fourth-order valence-corrected chi connectivity index (χ4v) is 4.98. The monoisotopic (exact) mass is 456 g/mol. The molecule has 1 fully saturated rings. The topological polar surface area (TPSA) is 113 Å². The molecule has 4 rings (SSSR count). The normalized spacial score (nSPS) is 22.7. The van der Waals surface area contributed by atoms with Gasteiger partial charge in [0.2, 0.25) is 5.91 Å². The number of nitrogens with zero attached hydrogens (tertiary/aromatic N) is 3. The lowest BCUT2D eigenvalue weighted by atomic mass is 9.67. The fraction of sp³-hybridized carbons (Fsp3) is 0.318. The molecule has 166 valence electrons. The molecule has 2 aliphatic rings. The van der Waals surface area contributed by atoms with E-state index < -0.39 is 34.2 Å². The molecule has 4 amide bonds. The van der Waals surface area contributed by atoms with E-state index in [2.05, 4.69) is 5.32 Å². The number of para-hydroxylation sites is 1. The number of halogens is 1. The predicted molar refractivity (Wildman–Crippen MR) is 119 cm³/mol. The second kappa shape index (κ2) is 7.90. The number of carbonyl (C=O) groups excluding carboxylic acids is 3. The number of nitro benzene ring substituents is 1. The van der Waals surface area contributed by atoms with Crippen LogP contribution in [-0.2, 0) is 16.0 Å². The first-order valence-electron chi connectivity index (χ1n) is 10.2. The van der Waals surface area contributed by atoms with E-state index in [9.17, 15) is 24.5 Å². The van der Waals surface area contributed by atoms with Gasteiger partial charge >= 0.3 is 6.03 Å². The molecule has 0 aromatic heterocycles. The molecule has 32 heavy (non-hydrogen) atoms. The molecule has 9 nitrogen and oxygen atoms in total. The molecule has 2 atom stereocenters. The van der Waals surface area contributed by atoms with Crippen molar-refractivity contribution in [3.05, 3.63) is 63.2 Å². The molecule has 0 radical (unpaired) electrons. The number of urea groups is 1. The van der Waals surface area contributed by atoms with E-state index in [1.165, 1.54) is 18.2 Å². The Labute approximate surface area is 189 Å². The maximum absolute atomic E-state index is 14.0. The Balaban J connectivity index is 1.91. The Morgan fingerprint density at radius 2 is 1.91 bits per heavy atom. The van der Waals surface area contributed by atoms with Crippen LogP contribution in [-0.4, -0.2) is 35.9 Å². The van der Waals surface area contributed by atoms with Crippen molar-refractivity contribution < 1.29 is 19.3 Å². The van der Waals surface area contributed by atoms with Crippen molar-refractivity contribution in [3.8, 4) is 0 Å². The minimum atomic E-state index is -1.65. The summed E-state index contributed by atoms with van der Waals surface area (Å²) in [5, 5.41) is 13.8. The highest BCUT2D eigenvalue weighted by molar-refractivity contribution is 6.37. The summed E-state index contributed by atoms with van der Waals surface area (Å²) in [5.41, 5.74) is -0.414. The summed E-state index contributed by atoms with van der Waals surface area (Å²) in [6.07, 6.45) is 1.11. The Kier molecular flexibility index (Phi) is 5.37. The van der Waals surface area contributed by atoms with Crippen LogP contribution in [0.15, 0.2) is 42.5 Å². The second-order valence-corrected chi connectivity index (χ2v) is 8.39. The van der Waals surface area contributed by atoms with E-state index in [1.807, 2.05) is 11.8 Å². The number of imide groups is 2. The van der Waals surface area contributed by atoms with E-state index in [-0.39, 0.29) is 22.8 Å². The van der Waals surface area contributed by atoms with Gasteiger partial charge in [-0.25, -0.2) is 9.69 Å². The summed E-state index contributed by atoms with van der Waals surface area (Å²) in [5.74, 6) is -1.40. The number of nitrogens with one attached hydrogen (secondary N) is 1. The van der Waals surface area contributed by atoms with Gasteiger partial charge in [-0.3, -0.25) is 25.0 Å². The summed E-state index contributed by atoms with van der Waals surface area (Å²) in [6.45, 7) is 1.94. The van der Waals surface area contributed by atoms with Crippen LogP contribution < -0.4 is 15.1 Å². The third-order valence-electron chi connectivity index (χ3n) is 6.23. The number of barbiturate groups is 1. The zero-order chi connectivity index (χ0) is 23.2. The van der Waals surface area contributed by atoms with E-state index in [1.54, 1.807) is 31.3 Å². The molecule has 1 N–H and O–H groups in total. The first-order chi connectivity index (χ1) is 15.2. The van der Waals surface area contributed by atoms with Crippen LogP contribution in [0.4, 0.5) is 21.9 Å². The minimum Gasteiger partial charge on any atom is -0.370 e. The molecule has 2 heterocycles. The Hall–Kier alpha value is -3.46. The molecule has 2 aromatic carbocycles. The van der Waals surface area contributed by atoms with Crippen molar-refractivity contribution in [1.29, 1.82) is 0 Å². The van der Waals surface area contributed by atoms with E-state index in [0.29, 0.717) is 24.1 Å². The Morgan fingerprint density at radius 1 is 1.19 bits per heavy atom. The smallest absolute Gasteiger partial charge is 0.335 e. The number of hydrogen-bond donors (Lipinski definition) is 1. The number of nitro groups is 1. The van der Waals surface area contributed by atoms with E-state index >= 15 is 0 Å². The van der Waals surface area contributed by atoms with Crippen molar-refractivity contribution in [2.24, 2.45) is 5.41 Å². The van der Waals surface area contributed by atoms with Crippen molar-refractivity contribution >= 4 is 46.5 Å². The predicted octanol–water partition coefficient (Wildman–Crippen LogP) is 3.68. The molecule has 0 aliphatic carbocycles. The summed E-state index contributed by atoms with van der Waals surface area (Å²) in [4.78, 5) is 53.6. The number of carbonyl (C=O) groups is 3. The summed E-state index contributed by atoms with van der Waals surface area (Å²) in [6, 6.07) is 9.37. The number of benzene rings is 2. The van der Waals surface area contributed by atoms with Crippen LogP contribution >= 0.6 is 11.6 Å². The average Bonchev–Trinajstić information content (AvgIpc) is 2.75. The third kappa shape index (κ3) is 3.12. The molecule has 2 aliphatic heterocycles. The molecule has 1 spiro atoms. The zero-order valence-corrected chi connectivity index (χ0v) is 18.3. The molecular formula is C22H21ClN4O5. The van der Waals surface area contributed by atoms with Gasteiger partial charge in [0.05, 0.1) is 21.7 Å². The van der Waals surface area contributed by atoms with Gasteiger partial charge in [0, 0.05) is 31.3 Å². The number of fused-ring (bicyclic) bond motifs is 1. The van der Waals surface area contributed by atoms with Crippen LogP contribution in [0.1, 0.15) is 25.3 Å². The van der Waals surface area contributed by atoms with Crippen molar-refractivity contribution in [2.75, 3.05) is 16.8 Å². The van der Waals surface area contributed by atoms with Gasteiger partial charge in [-0.1, -0.05) is 37.1 Å². The van der Waals surface area contributed by atoms with E-state index in [0.717, 1.165) is 4.90 Å². The van der Waals surface area contributed by atoms with Gasteiger partial charge in [-0.05, 0) is 30.2 Å². The average molecular weight is 457 g/mol. The van der Waals surface area contributed by atoms with Gasteiger partial charge in [0.15, 0.2) is 5.41 Å².